The summed E-state index contributed by atoms with van der Waals surface area (Å²) in [4.78, 5) is 5.08. The quantitative estimate of drug-likeness (QED) is 0.219. The first-order chi connectivity index (χ1) is 19.2. The summed E-state index contributed by atoms with van der Waals surface area (Å²) in [6, 6.07) is 36.0. The number of hydrogen-bond acceptors (Lipinski definition) is 2. The van der Waals surface area contributed by atoms with Crippen LogP contribution >= 0.6 is 0 Å². The fourth-order valence-corrected chi connectivity index (χ4v) is 5.43. The molecule has 0 aliphatic heterocycles. The first kappa shape index (κ1) is 23.0. The highest BCUT2D eigenvalue weighted by molar-refractivity contribution is 6.17. The summed E-state index contributed by atoms with van der Waals surface area (Å²) in [5, 5.41) is 4.60. The van der Waals surface area contributed by atoms with E-state index in [1.165, 1.54) is 5.39 Å². The minimum Gasteiger partial charge on any atom is -0.456 e. The van der Waals surface area contributed by atoms with Crippen LogP contribution in [0.4, 0.5) is 0 Å². The molecule has 3 heteroatoms. The number of aromatic nitrogens is 2. The lowest BCUT2D eigenvalue weighted by atomic mass is 10.1. The van der Waals surface area contributed by atoms with Gasteiger partial charge in [-0.2, -0.15) is 0 Å². The molecule has 7 aromatic rings. The summed E-state index contributed by atoms with van der Waals surface area (Å²) < 4.78 is 8.62. The van der Waals surface area contributed by atoms with E-state index in [2.05, 4.69) is 109 Å². The van der Waals surface area contributed by atoms with Crippen LogP contribution in [0.5, 0.6) is 0 Å². The first-order valence-electron chi connectivity index (χ1n) is 13.1. The highest BCUT2D eigenvalue weighted by Crippen LogP contribution is 2.39. The van der Waals surface area contributed by atoms with Gasteiger partial charge in [0.1, 0.15) is 11.2 Å². The van der Waals surface area contributed by atoms with Gasteiger partial charge in [0.05, 0.1) is 28.1 Å². The summed E-state index contributed by atoms with van der Waals surface area (Å²) in [6.07, 6.45) is 7.79. The predicted octanol–water partition coefficient (Wildman–Crippen LogP) is 9.89. The third kappa shape index (κ3) is 3.87. The molecule has 3 aromatic heterocycles. The second-order valence-electron chi connectivity index (χ2n) is 9.75. The Labute approximate surface area is 226 Å². The Balaban J connectivity index is 1.56. The van der Waals surface area contributed by atoms with Gasteiger partial charge in [0, 0.05) is 27.1 Å². The smallest absolute Gasteiger partial charge is 0.136 e. The van der Waals surface area contributed by atoms with Gasteiger partial charge in [-0.25, -0.2) is 4.98 Å². The standard InChI is InChI=1S/C36H26N2O/c1-3-4-6-13-24(2)31-20-26(21-32(37-31)25-14-7-5-8-15-25)38-33-18-11-9-16-27(33)29-23-36-30(22-34(29)38)28-17-10-12-19-35(28)39-36/h3-23H,1H2,2H3. The number of hydrogen-bond donors (Lipinski definition) is 0. The Bertz CT molecular complexity index is 2090. The molecule has 0 aliphatic carbocycles. The average Bonchev–Trinajstić information content (AvgIpc) is 3.51. The van der Waals surface area contributed by atoms with Gasteiger partial charge in [0.15, 0.2) is 0 Å². The highest BCUT2D eigenvalue weighted by Gasteiger charge is 2.17. The number of nitrogens with zero attached hydrogens (tertiary/aromatic N) is 2. The van der Waals surface area contributed by atoms with E-state index in [0.29, 0.717) is 0 Å². The SMILES string of the molecule is C=CC=CC=C(C)c1cc(-n2c3ccccc3c3cc4oc5ccccc5c4cc32)cc(-c2ccccc2)n1. The largest absolute Gasteiger partial charge is 0.456 e. The third-order valence-corrected chi connectivity index (χ3v) is 7.31. The number of allylic oxidation sites excluding steroid dienone is 5. The van der Waals surface area contributed by atoms with Gasteiger partial charge < -0.3 is 8.98 Å². The lowest BCUT2D eigenvalue weighted by molar-refractivity contribution is 0.669. The molecule has 0 unspecified atom stereocenters. The van der Waals surface area contributed by atoms with Crippen LogP contribution in [0.25, 0.3) is 66.3 Å². The van der Waals surface area contributed by atoms with Gasteiger partial charge in [0.2, 0.25) is 0 Å². The molecular weight excluding hydrogens is 476 g/mol. The summed E-state index contributed by atoms with van der Waals surface area (Å²) in [7, 11) is 0. The van der Waals surface area contributed by atoms with Crippen molar-refractivity contribution in [2.24, 2.45) is 0 Å². The molecule has 0 fully saturated rings. The number of para-hydroxylation sites is 2. The molecule has 0 spiro atoms. The molecule has 7 rings (SSSR count). The third-order valence-electron chi connectivity index (χ3n) is 7.31. The summed E-state index contributed by atoms with van der Waals surface area (Å²) in [6.45, 7) is 5.88. The zero-order chi connectivity index (χ0) is 26.3. The monoisotopic (exact) mass is 502 g/mol. The van der Waals surface area contributed by atoms with Crippen LogP contribution in [-0.2, 0) is 0 Å². The molecule has 3 heterocycles. The normalized spacial score (nSPS) is 12.4. The van der Waals surface area contributed by atoms with Crippen LogP contribution in [0.2, 0.25) is 0 Å². The molecule has 0 aliphatic rings. The minimum absolute atomic E-state index is 0.903. The molecule has 0 amide bonds. The van der Waals surface area contributed by atoms with E-state index >= 15 is 0 Å². The average molecular weight is 503 g/mol. The van der Waals surface area contributed by atoms with Gasteiger partial charge in [-0.15, -0.1) is 0 Å². The molecule has 39 heavy (non-hydrogen) atoms. The zero-order valence-corrected chi connectivity index (χ0v) is 21.6. The van der Waals surface area contributed by atoms with Crippen LogP contribution in [0.3, 0.4) is 0 Å². The molecule has 186 valence electrons. The molecule has 0 bridgehead atoms. The van der Waals surface area contributed by atoms with Crippen molar-refractivity contribution < 1.29 is 4.42 Å². The van der Waals surface area contributed by atoms with Crippen molar-refractivity contribution in [3.8, 4) is 16.9 Å². The van der Waals surface area contributed by atoms with E-state index in [-0.39, 0.29) is 0 Å². The second-order valence-corrected chi connectivity index (χ2v) is 9.75. The number of rotatable bonds is 5. The maximum atomic E-state index is 6.26. The van der Waals surface area contributed by atoms with Gasteiger partial charge in [-0.3, -0.25) is 0 Å². The lowest BCUT2D eigenvalue weighted by Gasteiger charge is -2.13. The summed E-state index contributed by atoms with van der Waals surface area (Å²) in [5.74, 6) is 0. The zero-order valence-electron chi connectivity index (χ0n) is 21.6. The lowest BCUT2D eigenvalue weighted by Crippen LogP contribution is -1.99. The van der Waals surface area contributed by atoms with Crippen LogP contribution in [0, 0.1) is 0 Å². The number of pyridine rings is 1. The first-order valence-corrected chi connectivity index (χ1v) is 13.1. The Hall–Kier alpha value is -5.15. The molecule has 0 saturated carbocycles. The Morgan fingerprint density at radius 1 is 0.718 bits per heavy atom. The van der Waals surface area contributed by atoms with Crippen molar-refractivity contribution in [2.45, 2.75) is 6.92 Å². The fourth-order valence-electron chi connectivity index (χ4n) is 5.43. The van der Waals surface area contributed by atoms with Crippen molar-refractivity contribution in [2.75, 3.05) is 0 Å². The van der Waals surface area contributed by atoms with Crippen LogP contribution in [-0.4, -0.2) is 9.55 Å². The van der Waals surface area contributed by atoms with Gasteiger partial charge in [0.25, 0.3) is 0 Å². The van der Waals surface area contributed by atoms with E-state index in [0.717, 1.165) is 66.6 Å². The Morgan fingerprint density at radius 3 is 2.33 bits per heavy atom. The second kappa shape index (κ2) is 9.30. The maximum absolute atomic E-state index is 6.26. The van der Waals surface area contributed by atoms with E-state index in [1.54, 1.807) is 6.08 Å². The topological polar surface area (TPSA) is 31.0 Å². The van der Waals surface area contributed by atoms with E-state index in [1.807, 2.05) is 30.4 Å². The van der Waals surface area contributed by atoms with Gasteiger partial charge in [-0.05, 0) is 48.9 Å². The Kier molecular flexibility index (Phi) is 5.49. The molecular formula is C36H26N2O. The van der Waals surface area contributed by atoms with Crippen molar-refractivity contribution in [1.29, 1.82) is 0 Å². The fraction of sp³-hybridized carbons (Fsp3) is 0.0278. The van der Waals surface area contributed by atoms with E-state index < -0.39 is 0 Å². The summed E-state index contributed by atoms with van der Waals surface area (Å²) >= 11 is 0. The van der Waals surface area contributed by atoms with E-state index in [4.69, 9.17) is 9.40 Å². The van der Waals surface area contributed by atoms with E-state index in [9.17, 15) is 0 Å². The van der Waals surface area contributed by atoms with Gasteiger partial charge >= 0.3 is 0 Å². The minimum atomic E-state index is 0.903. The molecule has 3 nitrogen and oxygen atoms in total. The van der Waals surface area contributed by atoms with Crippen LogP contribution < -0.4 is 0 Å². The van der Waals surface area contributed by atoms with Crippen molar-refractivity contribution in [3.05, 3.63) is 140 Å². The van der Waals surface area contributed by atoms with Gasteiger partial charge in [-0.1, -0.05) is 97.6 Å². The van der Waals surface area contributed by atoms with Crippen molar-refractivity contribution in [3.63, 3.8) is 0 Å². The molecule has 0 N–H and O–H groups in total. The molecule has 0 radical (unpaired) electrons. The molecule has 4 aromatic carbocycles. The predicted molar refractivity (Wildman–Crippen MR) is 164 cm³/mol. The number of benzene rings is 4. The van der Waals surface area contributed by atoms with Crippen molar-refractivity contribution >= 4 is 49.3 Å². The number of fused-ring (bicyclic) bond motifs is 6. The Morgan fingerprint density at radius 2 is 1.49 bits per heavy atom. The van der Waals surface area contributed by atoms with Crippen molar-refractivity contribution in [1.82, 2.24) is 9.55 Å². The summed E-state index contributed by atoms with van der Waals surface area (Å²) in [5.41, 5.74) is 9.19. The number of furan rings is 1. The molecule has 0 atom stereocenters. The maximum Gasteiger partial charge on any atom is 0.136 e. The molecule has 0 saturated heterocycles. The van der Waals surface area contributed by atoms with Crippen LogP contribution in [0.1, 0.15) is 12.6 Å². The highest BCUT2D eigenvalue weighted by atomic mass is 16.3. The van der Waals surface area contributed by atoms with Crippen LogP contribution in [0.15, 0.2) is 138 Å².